The molecule has 0 aromatic rings. The van der Waals surface area contributed by atoms with E-state index in [9.17, 15) is 4.57 Å². The summed E-state index contributed by atoms with van der Waals surface area (Å²) in [6.07, 6.45) is -2.27. The maximum absolute atomic E-state index is 10.6. The average Bonchev–Trinajstić information content (AvgIpc) is 2.44. The molecule has 1 heterocycles. The van der Waals surface area contributed by atoms with Crippen LogP contribution in [0.3, 0.4) is 0 Å². The van der Waals surface area contributed by atoms with Crippen LogP contribution in [0.15, 0.2) is 0 Å². The van der Waals surface area contributed by atoms with E-state index in [2.05, 4.69) is 4.52 Å². The largest absolute Gasteiger partial charge is 0.470 e. The molecule has 7 nitrogen and oxygen atoms in total. The number of aliphatic hydroxyl groups excluding tert-OH is 1. The van der Waals surface area contributed by atoms with E-state index in [1.807, 2.05) is 0 Å². The van der Waals surface area contributed by atoms with E-state index in [4.69, 9.17) is 24.4 Å². The van der Waals surface area contributed by atoms with Crippen LogP contribution in [0.1, 0.15) is 0 Å². The van der Waals surface area contributed by atoms with Crippen molar-refractivity contribution in [1.82, 2.24) is 0 Å². The van der Waals surface area contributed by atoms with Gasteiger partial charge >= 0.3 is 7.82 Å². The van der Waals surface area contributed by atoms with E-state index in [0.29, 0.717) is 0 Å². The van der Waals surface area contributed by atoms with Gasteiger partial charge in [-0.05, 0) is 0 Å². The van der Waals surface area contributed by atoms with Crippen LogP contribution in [-0.2, 0) is 18.6 Å². The molecule has 0 aromatic heterocycles. The molecule has 0 bridgehead atoms. The van der Waals surface area contributed by atoms with Gasteiger partial charge in [-0.1, -0.05) is 0 Å². The summed E-state index contributed by atoms with van der Waals surface area (Å²) in [5, 5.41) is 8.83. The zero-order valence-electron chi connectivity index (χ0n) is 7.57. The van der Waals surface area contributed by atoms with Crippen molar-refractivity contribution in [2.24, 2.45) is 0 Å². The number of rotatable bonds is 4. The number of hydrogen-bond donors (Lipinski definition) is 3. The number of hydrogen-bond acceptors (Lipinski definition) is 5. The fourth-order valence-corrected chi connectivity index (χ4v) is 1.89. The summed E-state index contributed by atoms with van der Waals surface area (Å²) in [6.45, 7) is -0.225. The van der Waals surface area contributed by atoms with Gasteiger partial charge in [0.05, 0.1) is 13.2 Å². The summed E-state index contributed by atoms with van der Waals surface area (Å²) < 4.78 is 25.0. The van der Waals surface area contributed by atoms with Gasteiger partial charge in [0.25, 0.3) is 0 Å². The second-order valence-electron chi connectivity index (χ2n) is 2.89. The molecule has 14 heavy (non-hydrogen) atoms. The van der Waals surface area contributed by atoms with Crippen molar-refractivity contribution >= 4 is 7.82 Å². The fourth-order valence-electron chi connectivity index (χ4n) is 1.30. The SMILES string of the molecule is CO[C@H]1CO[C@H](CO)[C@H]1OP(=O)(O)O. The summed E-state index contributed by atoms with van der Waals surface area (Å²) in [5.41, 5.74) is 0. The molecule has 1 rings (SSSR count). The Kier molecular flexibility index (Phi) is 4.03. The minimum Gasteiger partial charge on any atom is -0.394 e. The Morgan fingerprint density at radius 3 is 2.64 bits per heavy atom. The van der Waals surface area contributed by atoms with Crippen LogP contribution in [-0.4, -0.2) is 53.5 Å². The molecular formula is C6H13O7P. The van der Waals surface area contributed by atoms with Gasteiger partial charge in [0.1, 0.15) is 18.3 Å². The zero-order chi connectivity index (χ0) is 10.8. The summed E-state index contributed by atoms with van der Waals surface area (Å²) in [4.78, 5) is 17.2. The highest BCUT2D eigenvalue weighted by Crippen LogP contribution is 2.41. The first-order valence-electron chi connectivity index (χ1n) is 3.97. The van der Waals surface area contributed by atoms with Crippen LogP contribution < -0.4 is 0 Å². The Bertz CT molecular complexity index is 214. The first kappa shape index (κ1) is 12.1. The van der Waals surface area contributed by atoms with Crippen molar-refractivity contribution in [2.75, 3.05) is 20.3 Å². The van der Waals surface area contributed by atoms with Gasteiger partial charge in [0.2, 0.25) is 0 Å². The predicted octanol–water partition coefficient (Wildman–Crippen LogP) is -1.13. The third-order valence-corrected chi connectivity index (χ3v) is 2.47. The van der Waals surface area contributed by atoms with E-state index >= 15 is 0 Å². The predicted molar refractivity (Wildman–Crippen MR) is 44.5 cm³/mol. The van der Waals surface area contributed by atoms with Gasteiger partial charge in [-0.15, -0.1) is 0 Å². The molecule has 3 atom stereocenters. The Hall–Kier alpha value is -0.0100. The number of phosphoric acid groups is 1. The maximum Gasteiger partial charge on any atom is 0.470 e. The molecule has 0 unspecified atom stereocenters. The second kappa shape index (κ2) is 4.67. The molecule has 0 aromatic carbocycles. The molecule has 84 valence electrons. The lowest BCUT2D eigenvalue weighted by Crippen LogP contribution is -2.35. The summed E-state index contributed by atoms with van der Waals surface area (Å²) in [7, 11) is -3.21. The Balaban J connectivity index is 2.64. The van der Waals surface area contributed by atoms with Crippen molar-refractivity contribution < 1.29 is 33.5 Å². The summed E-state index contributed by atoms with van der Waals surface area (Å²) in [6, 6.07) is 0. The van der Waals surface area contributed by atoms with Crippen molar-refractivity contribution in [1.29, 1.82) is 0 Å². The minimum absolute atomic E-state index is 0.145. The van der Waals surface area contributed by atoms with Gasteiger partial charge in [-0.2, -0.15) is 0 Å². The molecule has 1 saturated heterocycles. The molecule has 1 fully saturated rings. The normalized spacial score (nSPS) is 33.6. The van der Waals surface area contributed by atoms with Gasteiger partial charge in [0.15, 0.2) is 0 Å². The van der Waals surface area contributed by atoms with E-state index < -0.39 is 26.1 Å². The third kappa shape index (κ3) is 2.99. The monoisotopic (exact) mass is 228 g/mol. The third-order valence-electron chi connectivity index (χ3n) is 1.95. The van der Waals surface area contributed by atoms with E-state index in [1.165, 1.54) is 7.11 Å². The van der Waals surface area contributed by atoms with E-state index in [1.54, 1.807) is 0 Å². The Morgan fingerprint density at radius 1 is 1.57 bits per heavy atom. The molecule has 0 saturated carbocycles. The van der Waals surface area contributed by atoms with Gasteiger partial charge in [-0.25, -0.2) is 4.57 Å². The van der Waals surface area contributed by atoms with Gasteiger partial charge < -0.3 is 24.4 Å². The number of ether oxygens (including phenoxy) is 2. The molecule has 0 radical (unpaired) electrons. The van der Waals surface area contributed by atoms with E-state index in [-0.39, 0.29) is 13.2 Å². The highest BCUT2D eigenvalue weighted by atomic mass is 31.2. The number of phosphoric ester groups is 1. The fraction of sp³-hybridized carbons (Fsp3) is 1.00. The molecule has 0 amide bonds. The molecule has 3 N–H and O–H groups in total. The van der Waals surface area contributed by atoms with Crippen molar-refractivity contribution in [3.63, 3.8) is 0 Å². The molecule has 8 heteroatoms. The van der Waals surface area contributed by atoms with Crippen molar-refractivity contribution in [3.05, 3.63) is 0 Å². The lowest BCUT2D eigenvalue weighted by Gasteiger charge is -2.21. The quantitative estimate of drug-likeness (QED) is 0.523. The van der Waals surface area contributed by atoms with Gasteiger partial charge in [0, 0.05) is 7.11 Å². The standard InChI is InChI=1S/C6H13O7P/c1-11-5-3-12-4(2-7)6(5)13-14(8,9)10/h4-7H,2-3H2,1H3,(H2,8,9,10)/t4-,5+,6-/m1/s1. The smallest absolute Gasteiger partial charge is 0.394 e. The van der Waals surface area contributed by atoms with Crippen LogP contribution in [0, 0.1) is 0 Å². The van der Waals surface area contributed by atoms with Gasteiger partial charge in [-0.3, -0.25) is 4.52 Å². The molecular weight excluding hydrogens is 215 g/mol. The average molecular weight is 228 g/mol. The molecule has 0 spiro atoms. The number of aliphatic hydroxyl groups is 1. The van der Waals surface area contributed by atoms with Crippen LogP contribution in [0.25, 0.3) is 0 Å². The van der Waals surface area contributed by atoms with Crippen molar-refractivity contribution in [3.8, 4) is 0 Å². The lowest BCUT2D eigenvalue weighted by atomic mass is 10.1. The topological polar surface area (TPSA) is 105 Å². The highest BCUT2D eigenvalue weighted by Gasteiger charge is 2.41. The lowest BCUT2D eigenvalue weighted by molar-refractivity contribution is -0.0137. The minimum atomic E-state index is -4.59. The van der Waals surface area contributed by atoms with Crippen LogP contribution in [0.2, 0.25) is 0 Å². The highest BCUT2D eigenvalue weighted by molar-refractivity contribution is 7.46. The molecule has 0 aliphatic carbocycles. The van der Waals surface area contributed by atoms with Crippen LogP contribution >= 0.6 is 7.82 Å². The van der Waals surface area contributed by atoms with Crippen LogP contribution in [0.5, 0.6) is 0 Å². The first-order chi connectivity index (χ1) is 6.48. The summed E-state index contributed by atoms with van der Waals surface area (Å²) in [5.74, 6) is 0. The zero-order valence-corrected chi connectivity index (χ0v) is 8.46. The van der Waals surface area contributed by atoms with E-state index in [0.717, 1.165) is 0 Å². The van der Waals surface area contributed by atoms with Crippen molar-refractivity contribution in [2.45, 2.75) is 18.3 Å². The first-order valence-corrected chi connectivity index (χ1v) is 5.50. The molecule has 1 aliphatic rings. The molecule has 1 aliphatic heterocycles. The van der Waals surface area contributed by atoms with Crippen LogP contribution in [0.4, 0.5) is 0 Å². The second-order valence-corrected chi connectivity index (χ2v) is 4.08. The Labute approximate surface area is 80.8 Å². The summed E-state index contributed by atoms with van der Waals surface area (Å²) >= 11 is 0. The maximum atomic E-state index is 10.6. The Morgan fingerprint density at radius 2 is 2.21 bits per heavy atom. The number of methoxy groups -OCH3 is 1.